The molecule has 4 nitrogen and oxygen atoms in total. The SMILES string of the molecule is C=C(C)C(NN)C1CN(C(C)C)CCO1. The summed E-state index contributed by atoms with van der Waals surface area (Å²) in [4.78, 5) is 2.40. The number of nitrogens with one attached hydrogen (secondary N) is 1. The second kappa shape index (κ2) is 5.61. The van der Waals surface area contributed by atoms with Gasteiger partial charge in [-0.1, -0.05) is 12.2 Å². The Morgan fingerprint density at radius 2 is 2.27 bits per heavy atom. The smallest absolute Gasteiger partial charge is 0.0906 e. The van der Waals surface area contributed by atoms with Crippen LogP contribution in [0.25, 0.3) is 0 Å². The number of nitrogens with zero attached hydrogens (tertiary/aromatic N) is 1. The molecule has 88 valence electrons. The van der Waals surface area contributed by atoms with E-state index in [1.54, 1.807) is 0 Å². The van der Waals surface area contributed by atoms with Gasteiger partial charge in [0.1, 0.15) is 0 Å². The Kier molecular flexibility index (Phi) is 4.73. The van der Waals surface area contributed by atoms with Crippen molar-refractivity contribution in [3.63, 3.8) is 0 Å². The number of nitrogens with two attached hydrogens (primary N) is 1. The molecule has 0 aromatic rings. The molecule has 0 aromatic heterocycles. The number of hydrogen-bond acceptors (Lipinski definition) is 4. The molecule has 0 spiro atoms. The van der Waals surface area contributed by atoms with E-state index in [0.29, 0.717) is 6.04 Å². The molecule has 4 heteroatoms. The van der Waals surface area contributed by atoms with Crippen LogP contribution in [-0.4, -0.2) is 42.8 Å². The minimum atomic E-state index is 0.0477. The summed E-state index contributed by atoms with van der Waals surface area (Å²) >= 11 is 0. The summed E-state index contributed by atoms with van der Waals surface area (Å²) in [5.41, 5.74) is 3.80. The van der Waals surface area contributed by atoms with Crippen LogP contribution in [0.5, 0.6) is 0 Å². The summed E-state index contributed by atoms with van der Waals surface area (Å²) in [6, 6.07) is 0.603. The highest BCUT2D eigenvalue weighted by Gasteiger charge is 2.28. The number of hydrazine groups is 1. The van der Waals surface area contributed by atoms with Crippen molar-refractivity contribution in [2.45, 2.75) is 39.0 Å². The summed E-state index contributed by atoms with van der Waals surface area (Å²) in [7, 11) is 0. The van der Waals surface area contributed by atoms with E-state index >= 15 is 0 Å². The third-order valence-electron chi connectivity index (χ3n) is 2.94. The number of ether oxygens (including phenoxy) is 1. The first kappa shape index (κ1) is 12.6. The zero-order chi connectivity index (χ0) is 11.4. The average Bonchev–Trinajstić information content (AvgIpc) is 2.18. The van der Waals surface area contributed by atoms with Gasteiger partial charge in [0.05, 0.1) is 18.8 Å². The number of morpholine rings is 1. The highest BCUT2D eigenvalue weighted by molar-refractivity contribution is 5.06. The Labute approximate surface area is 92.4 Å². The summed E-state index contributed by atoms with van der Waals surface area (Å²) in [5.74, 6) is 5.52. The van der Waals surface area contributed by atoms with Crippen LogP contribution >= 0.6 is 0 Å². The van der Waals surface area contributed by atoms with E-state index in [2.05, 4.69) is 30.8 Å². The zero-order valence-corrected chi connectivity index (χ0v) is 9.99. The molecule has 1 aliphatic heterocycles. The van der Waals surface area contributed by atoms with Gasteiger partial charge in [-0.25, -0.2) is 0 Å². The molecule has 1 rings (SSSR count). The molecule has 1 aliphatic rings. The van der Waals surface area contributed by atoms with Gasteiger partial charge in [-0.3, -0.25) is 16.2 Å². The average molecular weight is 213 g/mol. The molecular weight excluding hydrogens is 190 g/mol. The zero-order valence-electron chi connectivity index (χ0n) is 9.99. The number of rotatable bonds is 4. The fourth-order valence-electron chi connectivity index (χ4n) is 1.93. The first-order chi connectivity index (χ1) is 7.06. The summed E-state index contributed by atoms with van der Waals surface area (Å²) < 4.78 is 5.73. The summed E-state index contributed by atoms with van der Waals surface area (Å²) in [6.07, 6.45) is 0.114. The summed E-state index contributed by atoms with van der Waals surface area (Å²) in [6.45, 7) is 13.0. The van der Waals surface area contributed by atoms with Gasteiger partial charge in [0.15, 0.2) is 0 Å². The first-order valence-corrected chi connectivity index (χ1v) is 5.53. The van der Waals surface area contributed by atoms with Crippen molar-refractivity contribution < 1.29 is 4.74 Å². The highest BCUT2D eigenvalue weighted by atomic mass is 16.5. The van der Waals surface area contributed by atoms with Crippen LogP contribution in [-0.2, 0) is 4.74 Å². The predicted molar refractivity (Wildman–Crippen MR) is 62.4 cm³/mol. The Morgan fingerprint density at radius 1 is 1.60 bits per heavy atom. The van der Waals surface area contributed by atoms with Crippen molar-refractivity contribution in [1.29, 1.82) is 0 Å². The van der Waals surface area contributed by atoms with E-state index in [1.165, 1.54) is 0 Å². The lowest BCUT2D eigenvalue weighted by Gasteiger charge is -2.38. The molecule has 1 saturated heterocycles. The monoisotopic (exact) mass is 213 g/mol. The van der Waals surface area contributed by atoms with E-state index in [1.807, 2.05) is 6.92 Å². The van der Waals surface area contributed by atoms with Gasteiger partial charge in [-0.15, -0.1) is 0 Å². The van der Waals surface area contributed by atoms with Crippen LogP contribution in [0.3, 0.4) is 0 Å². The standard InChI is InChI=1S/C11H23N3O/c1-8(2)11(13-12)10-7-14(9(3)4)5-6-15-10/h9-11,13H,1,5-7,12H2,2-4H3. The molecule has 2 atom stereocenters. The van der Waals surface area contributed by atoms with Crippen LogP contribution in [0.4, 0.5) is 0 Å². The van der Waals surface area contributed by atoms with Crippen molar-refractivity contribution in [2.75, 3.05) is 19.7 Å². The minimum absolute atomic E-state index is 0.0477. The third-order valence-corrected chi connectivity index (χ3v) is 2.94. The first-order valence-electron chi connectivity index (χ1n) is 5.53. The van der Waals surface area contributed by atoms with E-state index in [4.69, 9.17) is 10.6 Å². The van der Waals surface area contributed by atoms with Gasteiger partial charge in [0.25, 0.3) is 0 Å². The predicted octanol–water partition coefficient (Wildman–Crippen LogP) is 0.504. The molecule has 1 fully saturated rings. The van der Waals surface area contributed by atoms with Crippen molar-refractivity contribution in [3.05, 3.63) is 12.2 Å². The van der Waals surface area contributed by atoms with Gasteiger partial charge in [-0.05, 0) is 20.8 Å². The fraction of sp³-hybridized carbons (Fsp3) is 0.818. The molecule has 1 heterocycles. The van der Waals surface area contributed by atoms with Crippen LogP contribution < -0.4 is 11.3 Å². The lowest BCUT2D eigenvalue weighted by atomic mass is 10.0. The third kappa shape index (κ3) is 3.28. The summed E-state index contributed by atoms with van der Waals surface area (Å²) in [5, 5.41) is 0. The normalized spacial score (nSPS) is 25.5. The van der Waals surface area contributed by atoms with Crippen LogP contribution in [0, 0.1) is 0 Å². The molecule has 2 unspecified atom stereocenters. The van der Waals surface area contributed by atoms with Crippen molar-refractivity contribution in [3.8, 4) is 0 Å². The lowest BCUT2D eigenvalue weighted by molar-refractivity contribution is -0.0497. The van der Waals surface area contributed by atoms with E-state index in [0.717, 1.165) is 25.3 Å². The maximum absolute atomic E-state index is 5.73. The largest absolute Gasteiger partial charge is 0.374 e. The Balaban J connectivity index is 2.58. The van der Waals surface area contributed by atoms with Crippen molar-refractivity contribution in [1.82, 2.24) is 10.3 Å². The Morgan fingerprint density at radius 3 is 2.73 bits per heavy atom. The lowest BCUT2D eigenvalue weighted by Crippen LogP contribution is -2.55. The van der Waals surface area contributed by atoms with Crippen molar-refractivity contribution in [2.24, 2.45) is 5.84 Å². The van der Waals surface area contributed by atoms with Crippen LogP contribution in [0.1, 0.15) is 20.8 Å². The van der Waals surface area contributed by atoms with Gasteiger partial charge in [-0.2, -0.15) is 0 Å². The molecule has 3 N–H and O–H groups in total. The Bertz CT molecular complexity index is 218. The van der Waals surface area contributed by atoms with Crippen LogP contribution in [0.15, 0.2) is 12.2 Å². The van der Waals surface area contributed by atoms with Crippen molar-refractivity contribution >= 4 is 0 Å². The topological polar surface area (TPSA) is 50.5 Å². The van der Waals surface area contributed by atoms with Gasteiger partial charge in [0.2, 0.25) is 0 Å². The molecule has 0 aromatic carbocycles. The Hall–Kier alpha value is -0.420. The van der Waals surface area contributed by atoms with Crippen LogP contribution in [0.2, 0.25) is 0 Å². The van der Waals surface area contributed by atoms with E-state index in [9.17, 15) is 0 Å². The van der Waals surface area contributed by atoms with E-state index in [-0.39, 0.29) is 12.1 Å². The second-order valence-electron chi connectivity index (χ2n) is 4.49. The molecule has 15 heavy (non-hydrogen) atoms. The van der Waals surface area contributed by atoms with E-state index < -0.39 is 0 Å². The fourth-order valence-corrected chi connectivity index (χ4v) is 1.93. The maximum atomic E-state index is 5.73. The molecule has 0 saturated carbocycles. The number of hydrogen-bond donors (Lipinski definition) is 2. The maximum Gasteiger partial charge on any atom is 0.0906 e. The van der Waals surface area contributed by atoms with Gasteiger partial charge in [0, 0.05) is 19.1 Å². The molecule has 0 amide bonds. The highest BCUT2D eigenvalue weighted by Crippen LogP contribution is 2.14. The molecule has 0 radical (unpaired) electrons. The second-order valence-corrected chi connectivity index (χ2v) is 4.49. The molecule has 0 bridgehead atoms. The molecule has 0 aliphatic carbocycles. The van der Waals surface area contributed by atoms with Gasteiger partial charge < -0.3 is 4.74 Å². The quantitative estimate of drug-likeness (QED) is 0.406. The van der Waals surface area contributed by atoms with Gasteiger partial charge >= 0.3 is 0 Å². The molecular formula is C11H23N3O. The minimum Gasteiger partial charge on any atom is -0.374 e.